The van der Waals surface area contributed by atoms with Crippen molar-refractivity contribution < 1.29 is 9.53 Å². The molecule has 7 heteroatoms. The number of fused-ring (bicyclic) bond motifs is 1. The quantitative estimate of drug-likeness (QED) is 0.566. The van der Waals surface area contributed by atoms with Crippen LogP contribution in [-0.4, -0.2) is 53.0 Å². The Kier molecular flexibility index (Phi) is 6.19. The summed E-state index contributed by atoms with van der Waals surface area (Å²) in [5, 5.41) is 20.4. The molecule has 1 aliphatic rings. The van der Waals surface area contributed by atoms with Gasteiger partial charge in [-0.2, -0.15) is 5.26 Å². The molecule has 170 valence electrons. The van der Waals surface area contributed by atoms with Crippen molar-refractivity contribution in [3.05, 3.63) is 54.1 Å². The van der Waals surface area contributed by atoms with Crippen LogP contribution in [0.25, 0.3) is 22.0 Å². The number of piperidine rings is 1. The van der Waals surface area contributed by atoms with Crippen molar-refractivity contribution in [2.45, 2.75) is 45.2 Å². The van der Waals surface area contributed by atoms with Crippen LogP contribution in [0.2, 0.25) is 0 Å². The molecule has 0 spiro atoms. The third kappa shape index (κ3) is 4.47. The van der Waals surface area contributed by atoms with Gasteiger partial charge in [-0.15, -0.1) is 10.2 Å². The summed E-state index contributed by atoms with van der Waals surface area (Å²) in [4.78, 5) is 16.6. The van der Waals surface area contributed by atoms with Crippen molar-refractivity contribution in [2.24, 2.45) is 0 Å². The lowest BCUT2D eigenvalue weighted by molar-refractivity contribution is 0.0492. The second kappa shape index (κ2) is 9.07. The monoisotopic (exact) mass is 443 g/mol. The van der Waals surface area contributed by atoms with E-state index >= 15 is 0 Å². The van der Waals surface area contributed by atoms with Crippen molar-refractivity contribution in [3.8, 4) is 17.3 Å². The molecular weight excluding hydrogens is 414 g/mol. The van der Waals surface area contributed by atoms with Crippen molar-refractivity contribution >= 4 is 22.7 Å². The zero-order valence-corrected chi connectivity index (χ0v) is 19.6. The normalized spacial score (nSPS) is 14.7. The van der Waals surface area contributed by atoms with E-state index in [4.69, 9.17) is 10.00 Å². The van der Waals surface area contributed by atoms with Gasteiger partial charge >= 0.3 is 6.09 Å². The van der Waals surface area contributed by atoms with E-state index in [-0.39, 0.29) is 17.7 Å². The summed E-state index contributed by atoms with van der Waals surface area (Å²) in [7, 11) is 1.44. The van der Waals surface area contributed by atoms with Crippen LogP contribution in [0.3, 0.4) is 0 Å². The van der Waals surface area contributed by atoms with Crippen molar-refractivity contribution in [3.63, 3.8) is 0 Å². The number of rotatable bonds is 3. The maximum absolute atomic E-state index is 12.4. The molecule has 1 amide bonds. The highest BCUT2D eigenvalue weighted by molar-refractivity contribution is 6.00. The van der Waals surface area contributed by atoms with E-state index in [9.17, 15) is 4.79 Å². The summed E-state index contributed by atoms with van der Waals surface area (Å²) in [5.41, 5.74) is 2.04. The Morgan fingerprint density at radius 3 is 2.27 bits per heavy atom. The molecule has 3 aromatic rings. The van der Waals surface area contributed by atoms with E-state index in [1.807, 2.05) is 49.9 Å². The summed E-state index contributed by atoms with van der Waals surface area (Å²) in [6, 6.07) is 17.8. The van der Waals surface area contributed by atoms with Crippen LogP contribution in [0.5, 0.6) is 0 Å². The molecule has 0 bridgehead atoms. The highest BCUT2D eigenvalue weighted by Gasteiger charge is 2.36. The second-order valence-corrected chi connectivity index (χ2v) is 9.34. The summed E-state index contributed by atoms with van der Waals surface area (Å²) < 4.78 is 5.06. The number of methoxy groups -OCH3 is 1. The number of hydrogen-bond acceptors (Lipinski definition) is 6. The Labute approximate surface area is 194 Å². The van der Waals surface area contributed by atoms with E-state index in [0.29, 0.717) is 5.56 Å². The number of amides is 1. The fourth-order valence-electron chi connectivity index (χ4n) is 4.64. The number of hydrogen-bond donors (Lipinski definition) is 0. The average Bonchev–Trinajstić information content (AvgIpc) is 2.83. The molecule has 0 radical (unpaired) electrons. The number of ether oxygens (including phenoxy) is 1. The molecule has 2 heterocycles. The Hall–Kier alpha value is -3.66. The SMILES string of the molecule is COC(=O)N(C1CCN(c2nnc(-c3ccc(C#N)cc3)c3ccccc23)CC1)C(C)(C)C. The highest BCUT2D eigenvalue weighted by atomic mass is 16.5. The van der Waals surface area contributed by atoms with Crippen LogP contribution in [0.4, 0.5) is 10.6 Å². The summed E-state index contributed by atoms with van der Waals surface area (Å²) in [6.07, 6.45) is 1.39. The molecule has 4 rings (SSSR count). The van der Waals surface area contributed by atoms with Crippen molar-refractivity contribution in [2.75, 3.05) is 25.1 Å². The average molecular weight is 444 g/mol. The van der Waals surface area contributed by atoms with Crippen LogP contribution in [0.15, 0.2) is 48.5 Å². The minimum atomic E-state index is -0.310. The Balaban J connectivity index is 1.61. The van der Waals surface area contributed by atoms with Crippen molar-refractivity contribution in [1.82, 2.24) is 15.1 Å². The van der Waals surface area contributed by atoms with Gasteiger partial charge in [0.25, 0.3) is 0 Å². The molecule has 33 heavy (non-hydrogen) atoms. The minimum Gasteiger partial charge on any atom is -0.453 e. The molecule has 1 saturated heterocycles. The zero-order valence-electron chi connectivity index (χ0n) is 19.6. The number of carbonyl (C=O) groups is 1. The number of benzene rings is 2. The number of anilines is 1. The summed E-state index contributed by atoms with van der Waals surface area (Å²) >= 11 is 0. The lowest BCUT2D eigenvalue weighted by atomic mass is 9.96. The van der Waals surface area contributed by atoms with Gasteiger partial charge in [0.15, 0.2) is 5.82 Å². The van der Waals surface area contributed by atoms with E-state index < -0.39 is 0 Å². The lowest BCUT2D eigenvalue weighted by Gasteiger charge is -2.44. The number of aromatic nitrogens is 2. The molecule has 1 aromatic heterocycles. The van der Waals surface area contributed by atoms with E-state index in [1.54, 1.807) is 12.1 Å². The van der Waals surface area contributed by atoms with Gasteiger partial charge in [0.2, 0.25) is 0 Å². The third-order valence-electron chi connectivity index (χ3n) is 6.18. The Morgan fingerprint density at radius 1 is 1.06 bits per heavy atom. The van der Waals surface area contributed by atoms with Crippen LogP contribution in [-0.2, 0) is 4.74 Å². The number of nitriles is 1. The Morgan fingerprint density at radius 2 is 1.70 bits per heavy atom. The number of nitrogens with zero attached hydrogens (tertiary/aromatic N) is 5. The third-order valence-corrected chi connectivity index (χ3v) is 6.18. The molecule has 7 nitrogen and oxygen atoms in total. The standard InChI is InChI=1S/C26H29N5O2/c1-26(2,3)31(25(32)33-4)20-13-15-30(16-14-20)24-22-8-6-5-7-21(22)23(28-29-24)19-11-9-18(17-27)10-12-19/h5-12,20H,13-16H2,1-4H3. The molecule has 0 atom stereocenters. The molecule has 2 aromatic carbocycles. The summed E-state index contributed by atoms with van der Waals surface area (Å²) in [5.74, 6) is 0.863. The van der Waals surface area contributed by atoms with Gasteiger partial charge in [-0.25, -0.2) is 4.79 Å². The molecule has 1 aliphatic heterocycles. The minimum absolute atomic E-state index is 0.117. The fourth-order valence-corrected chi connectivity index (χ4v) is 4.64. The second-order valence-electron chi connectivity index (χ2n) is 9.34. The number of carbonyl (C=O) groups excluding carboxylic acids is 1. The predicted molar refractivity (Wildman–Crippen MR) is 129 cm³/mol. The molecule has 1 fully saturated rings. The fraction of sp³-hybridized carbons (Fsp3) is 0.385. The van der Waals surface area contributed by atoms with Gasteiger partial charge in [0.1, 0.15) is 5.69 Å². The van der Waals surface area contributed by atoms with Gasteiger partial charge in [0, 0.05) is 41.0 Å². The zero-order chi connectivity index (χ0) is 23.6. The van der Waals surface area contributed by atoms with E-state index in [0.717, 1.165) is 53.8 Å². The first kappa shape index (κ1) is 22.5. The molecule has 0 unspecified atom stereocenters. The lowest BCUT2D eigenvalue weighted by Crippen LogP contribution is -2.55. The van der Waals surface area contributed by atoms with E-state index in [2.05, 4.69) is 33.3 Å². The molecule has 0 N–H and O–H groups in total. The largest absolute Gasteiger partial charge is 0.453 e. The van der Waals surface area contributed by atoms with Gasteiger partial charge in [-0.3, -0.25) is 0 Å². The van der Waals surface area contributed by atoms with Crippen LogP contribution >= 0.6 is 0 Å². The molecule has 0 saturated carbocycles. The van der Waals surface area contributed by atoms with Crippen molar-refractivity contribution in [1.29, 1.82) is 5.26 Å². The smallest absolute Gasteiger partial charge is 0.410 e. The van der Waals surface area contributed by atoms with Crippen LogP contribution < -0.4 is 4.90 Å². The van der Waals surface area contributed by atoms with Crippen LogP contribution in [0, 0.1) is 11.3 Å². The van der Waals surface area contributed by atoms with Crippen LogP contribution in [0.1, 0.15) is 39.2 Å². The van der Waals surface area contributed by atoms with Gasteiger partial charge in [-0.1, -0.05) is 36.4 Å². The Bertz CT molecular complexity index is 1190. The van der Waals surface area contributed by atoms with E-state index in [1.165, 1.54) is 7.11 Å². The topological polar surface area (TPSA) is 82.3 Å². The molecular formula is C26H29N5O2. The summed E-state index contributed by atoms with van der Waals surface area (Å²) in [6.45, 7) is 7.68. The first-order valence-corrected chi connectivity index (χ1v) is 11.2. The molecule has 0 aliphatic carbocycles. The maximum Gasteiger partial charge on any atom is 0.410 e. The maximum atomic E-state index is 12.4. The first-order valence-electron chi connectivity index (χ1n) is 11.2. The highest BCUT2D eigenvalue weighted by Crippen LogP contribution is 2.34. The van der Waals surface area contributed by atoms with Gasteiger partial charge < -0.3 is 14.5 Å². The predicted octanol–water partition coefficient (Wildman–Crippen LogP) is 5.00. The van der Waals surface area contributed by atoms with Gasteiger partial charge in [0.05, 0.1) is 18.7 Å². The first-order chi connectivity index (χ1) is 15.8. The van der Waals surface area contributed by atoms with Gasteiger partial charge in [-0.05, 0) is 45.7 Å².